The van der Waals surface area contributed by atoms with Crippen LogP contribution in [-0.2, 0) is 0 Å². The predicted molar refractivity (Wildman–Crippen MR) is 80.2 cm³/mol. The molecule has 1 aromatic rings. The van der Waals surface area contributed by atoms with Gasteiger partial charge in [-0.15, -0.1) is 0 Å². The molecule has 1 N–H and O–H groups in total. The van der Waals surface area contributed by atoms with E-state index in [1.807, 2.05) is 12.1 Å². The van der Waals surface area contributed by atoms with Crippen molar-refractivity contribution in [1.82, 2.24) is 10.2 Å². The quantitative estimate of drug-likeness (QED) is 0.855. The second-order valence-electron chi connectivity index (χ2n) is 6.20. The highest BCUT2D eigenvalue weighted by Gasteiger charge is 2.35. The molecule has 110 valence electrons. The fourth-order valence-electron chi connectivity index (χ4n) is 3.45. The molecule has 0 aromatic heterocycles. The van der Waals surface area contributed by atoms with Crippen LogP contribution >= 0.6 is 0 Å². The first-order valence-corrected chi connectivity index (χ1v) is 8.02. The zero-order chi connectivity index (χ0) is 13.9. The summed E-state index contributed by atoms with van der Waals surface area (Å²) in [5, 5.41) is 3.61. The van der Waals surface area contributed by atoms with E-state index in [0.29, 0.717) is 12.1 Å². The minimum absolute atomic E-state index is 0.140. The molecule has 2 aliphatic rings. The summed E-state index contributed by atoms with van der Waals surface area (Å²) >= 11 is 0. The maximum atomic E-state index is 13.1. The van der Waals surface area contributed by atoms with Gasteiger partial charge in [0.25, 0.3) is 0 Å². The van der Waals surface area contributed by atoms with Gasteiger partial charge in [-0.25, -0.2) is 4.39 Å². The van der Waals surface area contributed by atoms with Crippen LogP contribution < -0.4 is 5.32 Å². The van der Waals surface area contributed by atoms with Gasteiger partial charge in [-0.3, -0.25) is 4.90 Å². The van der Waals surface area contributed by atoms with Crippen molar-refractivity contribution >= 4 is 0 Å². The first-order chi connectivity index (χ1) is 9.78. The minimum Gasteiger partial charge on any atom is -0.313 e. The second-order valence-corrected chi connectivity index (χ2v) is 6.20. The Hall–Kier alpha value is -0.930. The first-order valence-electron chi connectivity index (χ1n) is 8.02. The second kappa shape index (κ2) is 6.23. The number of nitrogens with zero attached hydrogens (tertiary/aromatic N) is 1. The van der Waals surface area contributed by atoms with Crippen molar-refractivity contribution in [3.05, 3.63) is 35.6 Å². The molecule has 2 fully saturated rings. The van der Waals surface area contributed by atoms with Crippen LogP contribution in [0.15, 0.2) is 24.3 Å². The monoisotopic (exact) mass is 276 g/mol. The summed E-state index contributed by atoms with van der Waals surface area (Å²) in [7, 11) is 0. The Labute approximate surface area is 121 Å². The summed E-state index contributed by atoms with van der Waals surface area (Å²) < 4.78 is 13.1. The van der Waals surface area contributed by atoms with E-state index in [1.165, 1.54) is 31.2 Å². The number of nitrogens with one attached hydrogen (secondary N) is 1. The van der Waals surface area contributed by atoms with E-state index >= 15 is 0 Å². The molecule has 1 saturated carbocycles. The lowest BCUT2D eigenvalue weighted by Gasteiger charge is -2.33. The molecule has 0 bridgehead atoms. The Kier molecular flexibility index (Phi) is 4.37. The van der Waals surface area contributed by atoms with Crippen LogP contribution in [0.5, 0.6) is 0 Å². The Morgan fingerprint density at radius 2 is 2.00 bits per heavy atom. The number of rotatable bonds is 6. The molecule has 2 unspecified atom stereocenters. The van der Waals surface area contributed by atoms with Gasteiger partial charge in [-0.1, -0.05) is 19.1 Å². The van der Waals surface area contributed by atoms with Gasteiger partial charge in [0.2, 0.25) is 0 Å². The Morgan fingerprint density at radius 1 is 1.25 bits per heavy atom. The fraction of sp³-hybridized carbons (Fsp3) is 0.647. The molecule has 3 heteroatoms. The zero-order valence-corrected chi connectivity index (χ0v) is 12.3. The van der Waals surface area contributed by atoms with Gasteiger partial charge in [0.15, 0.2) is 0 Å². The van der Waals surface area contributed by atoms with Crippen molar-refractivity contribution in [2.75, 3.05) is 13.1 Å². The molecule has 1 aliphatic heterocycles. The molecule has 3 rings (SSSR count). The molecular formula is C17H25FN2. The van der Waals surface area contributed by atoms with Crippen molar-refractivity contribution in [3.63, 3.8) is 0 Å². The topological polar surface area (TPSA) is 15.3 Å². The number of hydrogen-bond acceptors (Lipinski definition) is 2. The maximum Gasteiger partial charge on any atom is 0.123 e. The summed E-state index contributed by atoms with van der Waals surface area (Å²) in [5.74, 6) is -0.140. The Bertz CT molecular complexity index is 421. The Balaban J connectivity index is 1.74. The number of hydrogen-bond donors (Lipinski definition) is 1. The van der Waals surface area contributed by atoms with Crippen molar-refractivity contribution in [1.29, 1.82) is 0 Å². The first kappa shape index (κ1) is 14.0. The van der Waals surface area contributed by atoms with Gasteiger partial charge in [-0.2, -0.15) is 0 Å². The minimum atomic E-state index is -0.140. The summed E-state index contributed by atoms with van der Waals surface area (Å²) in [6.45, 7) is 4.54. The normalized spacial score (nSPS) is 24.2. The van der Waals surface area contributed by atoms with Crippen molar-refractivity contribution in [3.8, 4) is 0 Å². The zero-order valence-electron chi connectivity index (χ0n) is 12.3. The molecule has 1 aliphatic carbocycles. The molecule has 1 heterocycles. The molecule has 20 heavy (non-hydrogen) atoms. The van der Waals surface area contributed by atoms with Gasteiger partial charge in [0.1, 0.15) is 5.82 Å². The fourth-order valence-corrected chi connectivity index (χ4v) is 3.45. The third-order valence-corrected chi connectivity index (χ3v) is 4.65. The van der Waals surface area contributed by atoms with E-state index in [2.05, 4.69) is 17.1 Å². The van der Waals surface area contributed by atoms with E-state index in [-0.39, 0.29) is 5.82 Å². The van der Waals surface area contributed by atoms with Gasteiger partial charge in [0.05, 0.1) is 0 Å². The van der Waals surface area contributed by atoms with Gasteiger partial charge in [-0.05, 0) is 56.3 Å². The maximum absolute atomic E-state index is 13.1. The van der Waals surface area contributed by atoms with E-state index in [0.717, 1.165) is 25.6 Å². The predicted octanol–water partition coefficient (Wildman–Crippen LogP) is 3.49. The molecule has 0 amide bonds. The smallest absolute Gasteiger partial charge is 0.123 e. The average molecular weight is 276 g/mol. The largest absolute Gasteiger partial charge is 0.313 e. The highest BCUT2D eigenvalue weighted by Crippen LogP contribution is 2.36. The molecule has 2 nitrogen and oxygen atoms in total. The van der Waals surface area contributed by atoms with Gasteiger partial charge in [0, 0.05) is 24.7 Å². The molecule has 2 atom stereocenters. The molecule has 0 spiro atoms. The number of benzene rings is 1. The van der Waals surface area contributed by atoms with Crippen LogP contribution in [0, 0.1) is 5.82 Å². The summed E-state index contributed by atoms with van der Waals surface area (Å²) in [6.07, 6.45) is 6.34. The van der Waals surface area contributed by atoms with E-state index in [4.69, 9.17) is 0 Å². The van der Waals surface area contributed by atoms with Crippen LogP contribution in [-0.4, -0.2) is 30.1 Å². The molecule has 1 aromatic carbocycles. The van der Waals surface area contributed by atoms with E-state index in [1.54, 1.807) is 12.1 Å². The summed E-state index contributed by atoms with van der Waals surface area (Å²) in [6, 6.07) is 8.93. The lowest BCUT2D eigenvalue weighted by molar-refractivity contribution is 0.165. The van der Waals surface area contributed by atoms with Crippen LogP contribution in [0.4, 0.5) is 4.39 Å². The summed E-state index contributed by atoms with van der Waals surface area (Å²) in [4.78, 5) is 2.66. The van der Waals surface area contributed by atoms with Crippen molar-refractivity contribution < 1.29 is 4.39 Å². The van der Waals surface area contributed by atoms with Crippen LogP contribution in [0.25, 0.3) is 0 Å². The third-order valence-electron chi connectivity index (χ3n) is 4.65. The standard InChI is InChI=1S/C17H25FN2/c1-2-17(13-5-7-14(18)8-6-13)20(16-9-10-16)12-15-4-3-11-19-15/h5-8,15-17,19H,2-4,9-12H2,1H3. The lowest BCUT2D eigenvalue weighted by atomic mass is 10.0. The SMILES string of the molecule is CCC(c1ccc(F)cc1)N(CC1CCCN1)C1CC1. The molecule has 1 saturated heterocycles. The molecular weight excluding hydrogens is 251 g/mol. The van der Waals surface area contributed by atoms with Crippen LogP contribution in [0.3, 0.4) is 0 Å². The summed E-state index contributed by atoms with van der Waals surface area (Å²) in [5.41, 5.74) is 1.26. The Morgan fingerprint density at radius 3 is 2.55 bits per heavy atom. The molecule has 0 radical (unpaired) electrons. The van der Waals surface area contributed by atoms with Crippen LogP contribution in [0.2, 0.25) is 0 Å². The average Bonchev–Trinajstić information content (AvgIpc) is 3.18. The third kappa shape index (κ3) is 3.21. The lowest BCUT2D eigenvalue weighted by Crippen LogP contribution is -2.40. The van der Waals surface area contributed by atoms with E-state index < -0.39 is 0 Å². The van der Waals surface area contributed by atoms with Gasteiger partial charge >= 0.3 is 0 Å². The van der Waals surface area contributed by atoms with E-state index in [9.17, 15) is 4.39 Å². The van der Waals surface area contributed by atoms with Gasteiger partial charge < -0.3 is 5.32 Å². The van der Waals surface area contributed by atoms with Crippen molar-refractivity contribution in [2.45, 2.75) is 57.2 Å². The van der Waals surface area contributed by atoms with Crippen LogP contribution in [0.1, 0.15) is 50.6 Å². The highest BCUT2D eigenvalue weighted by molar-refractivity contribution is 5.20. The highest BCUT2D eigenvalue weighted by atomic mass is 19.1. The van der Waals surface area contributed by atoms with Crippen molar-refractivity contribution in [2.24, 2.45) is 0 Å². The number of halogens is 1.